The summed E-state index contributed by atoms with van der Waals surface area (Å²) in [4.78, 5) is 2.37. The topological polar surface area (TPSA) is 21.3 Å². The first-order chi connectivity index (χ1) is 31.2. The molecule has 0 aliphatic rings. The first-order valence-corrected chi connectivity index (χ1v) is 21.5. The van der Waals surface area contributed by atoms with Gasteiger partial charge in [-0.2, -0.15) is 0 Å². The van der Waals surface area contributed by atoms with Crippen LogP contribution in [0.15, 0.2) is 247 Å². The molecule has 0 N–H and O–H groups in total. The van der Waals surface area contributed by atoms with Crippen molar-refractivity contribution in [3.05, 3.63) is 243 Å². The molecule has 12 aromatic rings. The molecule has 2 heterocycles. The smallest absolute Gasteiger partial charge is 0.143 e. The van der Waals surface area contributed by atoms with Gasteiger partial charge in [-0.3, -0.25) is 0 Å². The van der Waals surface area contributed by atoms with Crippen LogP contribution < -0.4 is 4.90 Å². The highest BCUT2D eigenvalue weighted by molar-refractivity contribution is 6.11. The molecule has 0 amide bonds. The summed E-state index contributed by atoms with van der Waals surface area (Å²) in [7, 11) is 0. The number of hydrogen-bond acceptors (Lipinski definition) is 2. The summed E-state index contributed by atoms with van der Waals surface area (Å²) in [5.41, 5.74) is 17.8. The number of benzene rings is 10. The normalized spacial score (nSPS) is 11.5. The van der Waals surface area contributed by atoms with Gasteiger partial charge in [0.15, 0.2) is 0 Å². The van der Waals surface area contributed by atoms with E-state index in [0.29, 0.717) is 0 Å². The van der Waals surface area contributed by atoms with Crippen molar-refractivity contribution in [3.63, 3.8) is 0 Å². The SMILES string of the molecule is c1ccc(-c2cc(-c3ccccc3)cc(-c3ccc(N(c4ccc(-c5cccc6c5oc5ccccc56)cc4)c4ccc5c6ccccc6n(-c6ccccc6)c5c4)cc3)c2)cc1. The third-order valence-electron chi connectivity index (χ3n) is 12.4. The molecular formula is C60H40N2O. The average Bonchev–Trinajstić information content (AvgIpc) is 3.91. The Morgan fingerprint density at radius 1 is 0.302 bits per heavy atom. The summed E-state index contributed by atoms with van der Waals surface area (Å²) in [6.07, 6.45) is 0. The second-order valence-corrected chi connectivity index (χ2v) is 16.1. The van der Waals surface area contributed by atoms with E-state index in [9.17, 15) is 0 Å². The van der Waals surface area contributed by atoms with Crippen molar-refractivity contribution in [2.75, 3.05) is 4.90 Å². The Morgan fingerprint density at radius 2 is 0.794 bits per heavy atom. The minimum Gasteiger partial charge on any atom is -0.455 e. The van der Waals surface area contributed by atoms with E-state index in [1.165, 1.54) is 44.1 Å². The molecule has 2 aromatic heterocycles. The number of para-hydroxylation sites is 4. The Kier molecular flexibility index (Phi) is 8.83. The molecular weight excluding hydrogens is 765 g/mol. The second kappa shape index (κ2) is 15.3. The summed E-state index contributed by atoms with van der Waals surface area (Å²) in [5.74, 6) is 0. The highest BCUT2D eigenvalue weighted by atomic mass is 16.3. The molecule has 0 saturated heterocycles. The maximum absolute atomic E-state index is 6.47. The highest BCUT2D eigenvalue weighted by Gasteiger charge is 2.19. The van der Waals surface area contributed by atoms with E-state index in [-0.39, 0.29) is 0 Å². The van der Waals surface area contributed by atoms with Gasteiger partial charge in [0.25, 0.3) is 0 Å². The maximum atomic E-state index is 6.47. The van der Waals surface area contributed by atoms with Crippen molar-refractivity contribution in [2.45, 2.75) is 0 Å². The van der Waals surface area contributed by atoms with Gasteiger partial charge in [-0.1, -0.05) is 164 Å². The summed E-state index contributed by atoms with van der Waals surface area (Å²) in [5, 5.41) is 4.71. The van der Waals surface area contributed by atoms with Crippen LogP contribution in [0.2, 0.25) is 0 Å². The summed E-state index contributed by atoms with van der Waals surface area (Å²) in [6, 6.07) is 87.1. The third kappa shape index (κ3) is 6.46. The Bertz CT molecular complexity index is 3530. The zero-order valence-corrected chi connectivity index (χ0v) is 34.4. The van der Waals surface area contributed by atoms with Crippen LogP contribution in [-0.2, 0) is 0 Å². The second-order valence-electron chi connectivity index (χ2n) is 16.1. The van der Waals surface area contributed by atoms with Crippen LogP contribution in [0.25, 0.3) is 93.9 Å². The average molecular weight is 805 g/mol. The molecule has 0 aliphatic heterocycles. The lowest BCUT2D eigenvalue weighted by Gasteiger charge is -2.26. The molecule has 0 aliphatic carbocycles. The molecule has 12 rings (SSSR count). The number of furan rings is 1. The molecule has 3 nitrogen and oxygen atoms in total. The van der Waals surface area contributed by atoms with Crippen LogP contribution >= 0.6 is 0 Å². The van der Waals surface area contributed by atoms with E-state index in [1.807, 2.05) is 12.1 Å². The van der Waals surface area contributed by atoms with Crippen LogP contribution in [0.1, 0.15) is 0 Å². The lowest BCUT2D eigenvalue weighted by atomic mass is 9.93. The molecule has 0 saturated carbocycles. The summed E-state index contributed by atoms with van der Waals surface area (Å²) < 4.78 is 8.85. The van der Waals surface area contributed by atoms with Gasteiger partial charge in [0, 0.05) is 49.9 Å². The predicted molar refractivity (Wildman–Crippen MR) is 264 cm³/mol. The van der Waals surface area contributed by atoms with Crippen LogP contribution in [-0.4, -0.2) is 4.57 Å². The summed E-state index contributed by atoms with van der Waals surface area (Å²) in [6.45, 7) is 0. The fourth-order valence-electron chi connectivity index (χ4n) is 9.36. The van der Waals surface area contributed by atoms with Crippen LogP contribution in [0.3, 0.4) is 0 Å². The highest BCUT2D eigenvalue weighted by Crippen LogP contribution is 2.42. The van der Waals surface area contributed by atoms with E-state index in [2.05, 4.69) is 240 Å². The fourth-order valence-corrected chi connectivity index (χ4v) is 9.36. The standard InChI is InChI=1S/C60H40N2O/c1-4-15-41(16-5-1)45-37-46(42-17-6-2-7-18-42)39-47(38-45)43-27-31-49(32-28-43)61(50-33-29-44(30-34-50)52-23-14-24-56-55-22-11-13-26-59(55)63-60(52)56)51-35-36-54-53-21-10-12-25-57(53)62(58(54)40-51)48-19-8-3-9-20-48/h1-40H. The van der Waals surface area contributed by atoms with Crippen molar-refractivity contribution in [1.82, 2.24) is 4.57 Å². The third-order valence-corrected chi connectivity index (χ3v) is 12.4. The van der Waals surface area contributed by atoms with Gasteiger partial charge >= 0.3 is 0 Å². The molecule has 63 heavy (non-hydrogen) atoms. The first kappa shape index (κ1) is 36.5. The molecule has 0 atom stereocenters. The molecule has 0 unspecified atom stereocenters. The molecule has 0 radical (unpaired) electrons. The Balaban J connectivity index is 1.00. The van der Waals surface area contributed by atoms with Gasteiger partial charge in [0.05, 0.1) is 11.0 Å². The molecule has 10 aromatic carbocycles. The number of anilines is 3. The Morgan fingerprint density at radius 3 is 1.44 bits per heavy atom. The van der Waals surface area contributed by atoms with Crippen LogP contribution in [0, 0.1) is 0 Å². The number of rotatable bonds is 8. The van der Waals surface area contributed by atoms with Gasteiger partial charge in [-0.05, 0) is 118 Å². The largest absolute Gasteiger partial charge is 0.455 e. The quantitative estimate of drug-likeness (QED) is 0.153. The molecule has 296 valence electrons. The van der Waals surface area contributed by atoms with Gasteiger partial charge < -0.3 is 13.9 Å². The van der Waals surface area contributed by atoms with E-state index in [1.54, 1.807) is 0 Å². The lowest BCUT2D eigenvalue weighted by Crippen LogP contribution is -2.10. The predicted octanol–water partition coefficient (Wildman–Crippen LogP) is 16.8. The van der Waals surface area contributed by atoms with E-state index >= 15 is 0 Å². The van der Waals surface area contributed by atoms with E-state index in [0.717, 1.165) is 66.9 Å². The van der Waals surface area contributed by atoms with Crippen molar-refractivity contribution in [1.29, 1.82) is 0 Å². The van der Waals surface area contributed by atoms with E-state index < -0.39 is 0 Å². The van der Waals surface area contributed by atoms with Crippen LogP contribution in [0.4, 0.5) is 17.1 Å². The fraction of sp³-hybridized carbons (Fsp3) is 0. The molecule has 0 fully saturated rings. The van der Waals surface area contributed by atoms with Crippen molar-refractivity contribution in [2.24, 2.45) is 0 Å². The van der Waals surface area contributed by atoms with Crippen molar-refractivity contribution in [3.8, 4) is 50.2 Å². The van der Waals surface area contributed by atoms with Gasteiger partial charge in [-0.25, -0.2) is 0 Å². The lowest BCUT2D eigenvalue weighted by molar-refractivity contribution is 0.670. The minimum absolute atomic E-state index is 0.901. The maximum Gasteiger partial charge on any atom is 0.143 e. The van der Waals surface area contributed by atoms with E-state index in [4.69, 9.17) is 4.42 Å². The first-order valence-electron chi connectivity index (χ1n) is 21.5. The number of aromatic nitrogens is 1. The molecule has 0 spiro atoms. The number of hydrogen-bond donors (Lipinski definition) is 0. The summed E-state index contributed by atoms with van der Waals surface area (Å²) >= 11 is 0. The molecule has 0 bridgehead atoms. The monoisotopic (exact) mass is 804 g/mol. The number of nitrogens with zero attached hydrogens (tertiary/aromatic N) is 2. The zero-order valence-electron chi connectivity index (χ0n) is 34.4. The number of fused-ring (bicyclic) bond motifs is 6. The Labute approximate surface area is 366 Å². The minimum atomic E-state index is 0.901. The van der Waals surface area contributed by atoms with Gasteiger partial charge in [0.1, 0.15) is 11.2 Å². The van der Waals surface area contributed by atoms with Crippen molar-refractivity contribution >= 4 is 60.8 Å². The zero-order chi connectivity index (χ0) is 41.7. The van der Waals surface area contributed by atoms with Crippen LogP contribution in [0.5, 0.6) is 0 Å². The molecule has 3 heteroatoms. The Hall–Kier alpha value is -8.40. The van der Waals surface area contributed by atoms with Crippen molar-refractivity contribution < 1.29 is 4.42 Å². The van der Waals surface area contributed by atoms with Gasteiger partial charge in [0.2, 0.25) is 0 Å². The van der Waals surface area contributed by atoms with Gasteiger partial charge in [-0.15, -0.1) is 0 Å².